The summed E-state index contributed by atoms with van der Waals surface area (Å²) in [5, 5.41) is 0. The van der Waals surface area contributed by atoms with Gasteiger partial charge in [-0.25, -0.2) is 4.21 Å². The molecule has 0 saturated heterocycles. The summed E-state index contributed by atoms with van der Waals surface area (Å²) in [5.74, 6) is 0.167. The maximum atomic E-state index is 9.44. The van der Waals surface area contributed by atoms with E-state index in [2.05, 4.69) is 21.4 Å². The Labute approximate surface area is 59.6 Å². The molecule has 0 radical (unpaired) electrons. The molecule has 0 spiro atoms. The number of ketones is 1. The average molecular weight is 177 g/mol. The third kappa shape index (κ3) is 1170. The Morgan fingerprint density at radius 2 is 1.38 bits per heavy atom. The normalized spacial score (nSPS) is 7.62. The first-order valence-electron chi connectivity index (χ1n) is 1.68. The van der Waals surface area contributed by atoms with E-state index in [1.165, 1.54) is 13.8 Å². The van der Waals surface area contributed by atoms with Gasteiger partial charge in [-0.15, -0.1) is 0 Å². The summed E-state index contributed by atoms with van der Waals surface area (Å²) in [7, 11) is 7.36. The van der Waals surface area contributed by atoms with Gasteiger partial charge in [0.2, 0.25) is 9.23 Å². The highest BCUT2D eigenvalue weighted by Gasteiger charge is 1.68. The van der Waals surface area contributed by atoms with Crippen LogP contribution in [-0.4, -0.2) is 9.99 Å². The van der Waals surface area contributed by atoms with Crippen LogP contribution in [0.4, 0.5) is 0 Å². The predicted octanol–water partition coefficient (Wildman–Crippen LogP) is 1.64. The van der Waals surface area contributed by atoms with Crippen LogP contribution in [-0.2, 0) is 14.0 Å². The number of hydrogen-bond donors (Lipinski definition) is 0. The minimum absolute atomic E-state index is 0.167. The van der Waals surface area contributed by atoms with Gasteiger partial charge < -0.3 is 4.79 Å². The minimum Gasteiger partial charge on any atom is -0.300 e. The number of rotatable bonds is 0. The van der Waals surface area contributed by atoms with E-state index in [1.54, 1.807) is 0 Å². The molecule has 0 rings (SSSR count). The van der Waals surface area contributed by atoms with E-state index in [1.807, 2.05) is 0 Å². The van der Waals surface area contributed by atoms with E-state index in [0.717, 1.165) is 0 Å². The van der Waals surface area contributed by atoms with Gasteiger partial charge >= 0.3 is 0 Å². The second-order valence-electron chi connectivity index (χ2n) is 1.09. The SMILES string of the molecule is CC(C)=O.O=S(Cl)Cl. The number of carbonyl (C=O) groups is 1. The van der Waals surface area contributed by atoms with Crippen molar-refractivity contribution in [3.05, 3.63) is 0 Å². The third-order valence-corrected chi connectivity index (χ3v) is 0. The topological polar surface area (TPSA) is 34.1 Å². The molecule has 0 aliphatic carbocycles. The van der Waals surface area contributed by atoms with E-state index < -0.39 is 9.23 Å². The van der Waals surface area contributed by atoms with E-state index in [-0.39, 0.29) is 5.78 Å². The van der Waals surface area contributed by atoms with Crippen molar-refractivity contribution in [3.63, 3.8) is 0 Å². The van der Waals surface area contributed by atoms with E-state index in [0.29, 0.717) is 0 Å². The molecule has 8 heavy (non-hydrogen) atoms. The molecule has 0 atom stereocenters. The number of hydrogen-bond acceptors (Lipinski definition) is 2. The van der Waals surface area contributed by atoms with E-state index >= 15 is 0 Å². The first kappa shape index (κ1) is 11.2. The van der Waals surface area contributed by atoms with Gasteiger partial charge in [-0.05, 0) is 13.8 Å². The summed E-state index contributed by atoms with van der Waals surface area (Å²) in [6, 6.07) is 0. The third-order valence-electron chi connectivity index (χ3n) is 0. The Balaban J connectivity index is 0. The Kier molecular flexibility index (Phi) is 10.4. The standard InChI is InChI=1S/C3H6O.Cl2OS/c1-3(2)4;1-4(2)3/h1-2H3;. The van der Waals surface area contributed by atoms with E-state index in [9.17, 15) is 4.79 Å². The van der Waals surface area contributed by atoms with Crippen LogP contribution < -0.4 is 0 Å². The van der Waals surface area contributed by atoms with Gasteiger partial charge in [0, 0.05) is 21.4 Å². The zero-order chi connectivity index (χ0) is 7.15. The van der Waals surface area contributed by atoms with Crippen LogP contribution in [0.1, 0.15) is 13.8 Å². The van der Waals surface area contributed by atoms with Crippen LogP contribution in [0.3, 0.4) is 0 Å². The number of Topliss-reactive ketones (excluding diaryl/α,β-unsaturated/α-hetero) is 1. The highest BCUT2D eigenvalue weighted by Crippen LogP contribution is 1.89. The van der Waals surface area contributed by atoms with Gasteiger partial charge in [-0.1, -0.05) is 0 Å². The molecule has 0 aromatic carbocycles. The lowest BCUT2D eigenvalue weighted by Gasteiger charge is -1.56. The lowest BCUT2D eigenvalue weighted by molar-refractivity contribution is -0.114. The molecule has 0 aromatic rings. The fourth-order valence-electron chi connectivity index (χ4n) is 0. The fraction of sp³-hybridized carbons (Fsp3) is 0.667. The van der Waals surface area contributed by atoms with Gasteiger partial charge in [0.05, 0.1) is 0 Å². The highest BCUT2D eigenvalue weighted by atomic mass is 36.0. The molecule has 0 amide bonds. The van der Waals surface area contributed by atoms with Crippen molar-refractivity contribution in [2.45, 2.75) is 13.8 Å². The van der Waals surface area contributed by atoms with Crippen molar-refractivity contribution in [3.8, 4) is 0 Å². The summed E-state index contributed by atoms with van der Waals surface area (Å²) in [5.41, 5.74) is 0. The summed E-state index contributed by atoms with van der Waals surface area (Å²) in [4.78, 5) is 9.44. The number of halogens is 2. The van der Waals surface area contributed by atoms with Crippen LogP contribution in [0.25, 0.3) is 0 Å². The second kappa shape index (κ2) is 7.40. The molecular weight excluding hydrogens is 171 g/mol. The summed E-state index contributed by atoms with van der Waals surface area (Å²) >= 11 is 0. The molecule has 5 heteroatoms. The Hall–Kier alpha value is 0.400. The molecule has 0 unspecified atom stereocenters. The molecule has 50 valence electrons. The van der Waals surface area contributed by atoms with Gasteiger partial charge in [-0.3, -0.25) is 0 Å². The van der Waals surface area contributed by atoms with Crippen molar-refractivity contribution in [1.82, 2.24) is 0 Å². The molecule has 0 saturated carbocycles. The van der Waals surface area contributed by atoms with Crippen LogP contribution >= 0.6 is 21.4 Å². The van der Waals surface area contributed by atoms with Crippen molar-refractivity contribution in [2.24, 2.45) is 0 Å². The Bertz CT molecular complexity index is 73.3. The molecule has 0 aromatic heterocycles. The Morgan fingerprint density at radius 3 is 1.38 bits per heavy atom. The summed E-state index contributed by atoms with van der Waals surface area (Å²) in [6.07, 6.45) is 0. The maximum absolute atomic E-state index is 9.44. The zero-order valence-electron chi connectivity index (χ0n) is 4.48. The van der Waals surface area contributed by atoms with Crippen LogP contribution in [0.5, 0.6) is 0 Å². The van der Waals surface area contributed by atoms with E-state index in [4.69, 9.17) is 4.21 Å². The molecule has 0 N–H and O–H groups in total. The summed E-state index contributed by atoms with van der Waals surface area (Å²) in [6.45, 7) is 3.06. The van der Waals surface area contributed by atoms with Crippen LogP contribution in [0, 0.1) is 0 Å². The monoisotopic (exact) mass is 176 g/mol. The largest absolute Gasteiger partial charge is 0.300 e. The fourth-order valence-corrected chi connectivity index (χ4v) is 0. The smallest absolute Gasteiger partial charge is 0.211 e. The molecule has 0 aliphatic heterocycles. The van der Waals surface area contributed by atoms with Crippen molar-refractivity contribution < 1.29 is 9.00 Å². The lowest BCUT2D eigenvalue weighted by atomic mass is 10.6. The highest BCUT2D eigenvalue weighted by molar-refractivity contribution is 8.26. The first-order chi connectivity index (χ1) is 3.46. The average Bonchev–Trinajstić information content (AvgIpc) is 1.25. The molecule has 0 aliphatic rings. The molecule has 2 nitrogen and oxygen atoms in total. The second-order valence-corrected chi connectivity index (χ2v) is 3.62. The van der Waals surface area contributed by atoms with Gasteiger partial charge in [0.1, 0.15) is 5.78 Å². The predicted molar refractivity (Wildman–Crippen MR) is 36.2 cm³/mol. The maximum Gasteiger partial charge on any atom is 0.211 e. The minimum atomic E-state index is -1.67. The van der Waals surface area contributed by atoms with Crippen LogP contribution in [0.15, 0.2) is 0 Å². The quantitative estimate of drug-likeness (QED) is 0.527. The molecular formula is C3H6Cl2O2S. The number of carbonyl (C=O) groups excluding carboxylic acids is 1. The van der Waals surface area contributed by atoms with Crippen molar-refractivity contribution in [1.29, 1.82) is 0 Å². The van der Waals surface area contributed by atoms with Crippen molar-refractivity contribution in [2.75, 3.05) is 0 Å². The summed E-state index contributed by atoms with van der Waals surface area (Å²) < 4.78 is 9.09. The van der Waals surface area contributed by atoms with Gasteiger partial charge in [-0.2, -0.15) is 0 Å². The molecule has 0 heterocycles. The van der Waals surface area contributed by atoms with Gasteiger partial charge in [0.15, 0.2) is 0 Å². The molecule has 0 bridgehead atoms. The lowest BCUT2D eigenvalue weighted by Crippen LogP contribution is -1.69. The Morgan fingerprint density at radius 1 is 1.38 bits per heavy atom. The van der Waals surface area contributed by atoms with Gasteiger partial charge in [0.25, 0.3) is 0 Å². The first-order valence-corrected chi connectivity index (χ1v) is 4.48. The van der Waals surface area contributed by atoms with Crippen LogP contribution in [0.2, 0.25) is 0 Å². The zero-order valence-corrected chi connectivity index (χ0v) is 6.81. The van der Waals surface area contributed by atoms with Crippen molar-refractivity contribution >= 4 is 36.4 Å². The molecule has 0 fully saturated rings.